The van der Waals surface area contributed by atoms with Gasteiger partial charge in [0, 0.05) is 24.0 Å². The first-order valence-electron chi connectivity index (χ1n) is 9.08. The zero-order valence-corrected chi connectivity index (χ0v) is 17.7. The van der Waals surface area contributed by atoms with Crippen molar-refractivity contribution in [3.8, 4) is 11.5 Å². The van der Waals surface area contributed by atoms with E-state index < -0.39 is 17.7 Å². The molecule has 1 unspecified atom stereocenters. The lowest BCUT2D eigenvalue weighted by atomic mass is 9.99. The highest BCUT2D eigenvalue weighted by Gasteiger charge is 2.46. The van der Waals surface area contributed by atoms with E-state index in [2.05, 4.69) is 0 Å². The zero-order valence-electron chi connectivity index (χ0n) is 16.8. The second kappa shape index (κ2) is 8.67. The number of methoxy groups -OCH3 is 2. The Hall–Kier alpha value is -2.84. The summed E-state index contributed by atoms with van der Waals surface area (Å²) >= 11 is 1.44. The molecule has 3 rings (SSSR count). The van der Waals surface area contributed by atoms with E-state index in [4.69, 9.17) is 9.47 Å². The minimum absolute atomic E-state index is 0.0691. The number of likely N-dealkylation sites (N-methyl/N-ethyl adjacent to an activating group) is 1. The van der Waals surface area contributed by atoms with E-state index in [1.165, 1.54) is 30.5 Å². The molecule has 0 aliphatic carbocycles. The summed E-state index contributed by atoms with van der Waals surface area (Å²) < 4.78 is 10.6. The maximum Gasteiger partial charge on any atom is 0.295 e. The third-order valence-electron chi connectivity index (χ3n) is 4.80. The predicted molar refractivity (Wildman–Crippen MR) is 111 cm³/mol. The van der Waals surface area contributed by atoms with Crippen LogP contribution in [0.5, 0.6) is 11.5 Å². The van der Waals surface area contributed by atoms with Crippen molar-refractivity contribution >= 4 is 28.8 Å². The second-order valence-corrected chi connectivity index (χ2v) is 7.86. The Bertz CT molecular complexity index is 937. The van der Waals surface area contributed by atoms with Crippen LogP contribution in [0.4, 0.5) is 0 Å². The first-order chi connectivity index (χ1) is 13.9. The van der Waals surface area contributed by atoms with E-state index in [1.54, 1.807) is 18.2 Å². The first kappa shape index (κ1) is 20.9. The monoisotopic (exact) mass is 416 g/mol. The highest BCUT2D eigenvalue weighted by atomic mass is 32.1. The van der Waals surface area contributed by atoms with Crippen molar-refractivity contribution in [2.45, 2.75) is 6.04 Å². The van der Waals surface area contributed by atoms with Crippen molar-refractivity contribution in [2.75, 3.05) is 41.4 Å². The zero-order chi connectivity index (χ0) is 21.1. The number of likely N-dealkylation sites (tertiary alicyclic amines) is 1. The lowest BCUT2D eigenvalue weighted by molar-refractivity contribution is -0.140. The molecule has 0 radical (unpaired) electrons. The molecule has 7 nitrogen and oxygen atoms in total. The SMILES string of the molecule is COc1ccc(/C(O)=C2\C(=O)C(=O)N(CCN(C)C)C2c2cccs2)c(OC)c1. The Kier molecular flexibility index (Phi) is 6.24. The predicted octanol–water partition coefficient (Wildman–Crippen LogP) is 2.75. The van der Waals surface area contributed by atoms with Crippen LogP contribution in [0.2, 0.25) is 0 Å². The average molecular weight is 416 g/mol. The number of hydrogen-bond donors (Lipinski definition) is 1. The summed E-state index contributed by atoms with van der Waals surface area (Å²) in [5, 5.41) is 13.0. The molecule has 1 fully saturated rings. The quantitative estimate of drug-likeness (QED) is 0.425. The molecule has 154 valence electrons. The van der Waals surface area contributed by atoms with Crippen LogP contribution in [0.15, 0.2) is 41.3 Å². The molecule has 1 aliphatic heterocycles. The summed E-state index contributed by atoms with van der Waals surface area (Å²) in [7, 11) is 6.80. The average Bonchev–Trinajstić information content (AvgIpc) is 3.32. The highest BCUT2D eigenvalue weighted by molar-refractivity contribution is 7.10. The fourth-order valence-corrected chi connectivity index (χ4v) is 4.15. The van der Waals surface area contributed by atoms with Gasteiger partial charge in [0.25, 0.3) is 11.7 Å². The summed E-state index contributed by atoms with van der Waals surface area (Å²) in [5.74, 6) is -0.656. The van der Waals surface area contributed by atoms with Crippen molar-refractivity contribution in [1.29, 1.82) is 0 Å². The third-order valence-corrected chi connectivity index (χ3v) is 5.73. The molecule has 1 saturated heterocycles. The molecule has 0 spiro atoms. The summed E-state index contributed by atoms with van der Waals surface area (Å²) in [5.41, 5.74) is 0.403. The van der Waals surface area contributed by atoms with E-state index in [0.29, 0.717) is 30.2 Å². The van der Waals surface area contributed by atoms with Gasteiger partial charge in [0.15, 0.2) is 0 Å². The number of benzene rings is 1. The van der Waals surface area contributed by atoms with Gasteiger partial charge in [0.2, 0.25) is 0 Å². The van der Waals surface area contributed by atoms with Gasteiger partial charge in [-0.25, -0.2) is 0 Å². The fourth-order valence-electron chi connectivity index (χ4n) is 3.30. The van der Waals surface area contributed by atoms with Crippen molar-refractivity contribution in [2.24, 2.45) is 0 Å². The summed E-state index contributed by atoms with van der Waals surface area (Å²) in [6, 6.07) is 7.99. The van der Waals surface area contributed by atoms with Crippen LogP contribution in [0.1, 0.15) is 16.5 Å². The standard InChI is InChI=1S/C21H24N2O5S/c1-22(2)9-10-23-18(16-6-5-11-29-16)17(20(25)21(23)26)19(24)14-8-7-13(27-3)12-15(14)28-4/h5-8,11-12,18,24H,9-10H2,1-4H3/b19-17+. The van der Waals surface area contributed by atoms with Gasteiger partial charge in [-0.3, -0.25) is 9.59 Å². The number of ketones is 1. The van der Waals surface area contributed by atoms with Crippen molar-refractivity contribution in [3.05, 3.63) is 51.7 Å². The van der Waals surface area contributed by atoms with Gasteiger partial charge in [-0.15, -0.1) is 11.3 Å². The number of nitrogens with zero attached hydrogens (tertiary/aromatic N) is 2. The normalized spacial score (nSPS) is 18.5. The van der Waals surface area contributed by atoms with Crippen LogP contribution in [-0.4, -0.2) is 68.0 Å². The van der Waals surface area contributed by atoms with Crippen LogP contribution >= 0.6 is 11.3 Å². The van der Waals surface area contributed by atoms with E-state index in [1.807, 2.05) is 36.5 Å². The summed E-state index contributed by atoms with van der Waals surface area (Å²) in [6.07, 6.45) is 0. The third kappa shape index (κ3) is 3.99. The molecule has 29 heavy (non-hydrogen) atoms. The van der Waals surface area contributed by atoms with Crippen LogP contribution in [-0.2, 0) is 9.59 Å². The van der Waals surface area contributed by atoms with Gasteiger partial charge in [-0.2, -0.15) is 0 Å². The van der Waals surface area contributed by atoms with E-state index >= 15 is 0 Å². The van der Waals surface area contributed by atoms with Crippen LogP contribution in [0.3, 0.4) is 0 Å². The molecular formula is C21H24N2O5S. The maximum atomic E-state index is 12.9. The summed E-state index contributed by atoms with van der Waals surface area (Å²) in [6.45, 7) is 0.970. The Labute approximate surface area is 173 Å². The number of amides is 1. The van der Waals surface area contributed by atoms with Crippen LogP contribution in [0.25, 0.3) is 5.76 Å². The number of carbonyl (C=O) groups is 2. The van der Waals surface area contributed by atoms with Gasteiger partial charge in [-0.05, 0) is 37.7 Å². The van der Waals surface area contributed by atoms with E-state index in [-0.39, 0.29) is 11.3 Å². The number of Topliss-reactive ketones (excluding diaryl/α,β-unsaturated/α-hetero) is 1. The molecule has 8 heteroatoms. The second-order valence-electron chi connectivity index (χ2n) is 6.88. The Morgan fingerprint density at radius 2 is 1.97 bits per heavy atom. The highest BCUT2D eigenvalue weighted by Crippen LogP contribution is 2.42. The molecule has 1 amide bonds. The number of aliphatic hydroxyl groups is 1. The van der Waals surface area contributed by atoms with E-state index in [0.717, 1.165) is 4.88 Å². The van der Waals surface area contributed by atoms with E-state index in [9.17, 15) is 14.7 Å². The number of hydrogen-bond acceptors (Lipinski definition) is 7. The summed E-state index contributed by atoms with van der Waals surface area (Å²) in [4.78, 5) is 30.0. The molecule has 2 aromatic rings. The minimum atomic E-state index is -0.697. The van der Waals surface area contributed by atoms with Gasteiger partial charge >= 0.3 is 0 Å². The largest absolute Gasteiger partial charge is 0.507 e. The number of thiophene rings is 1. The molecule has 1 aliphatic rings. The molecule has 1 N–H and O–H groups in total. The maximum absolute atomic E-state index is 12.9. The topological polar surface area (TPSA) is 79.3 Å². The molecule has 0 saturated carbocycles. The van der Waals surface area contributed by atoms with Crippen LogP contribution in [0, 0.1) is 0 Å². The smallest absolute Gasteiger partial charge is 0.295 e. The lowest BCUT2D eigenvalue weighted by Crippen LogP contribution is -2.35. The molecule has 1 aromatic carbocycles. The molecule has 1 atom stereocenters. The molecule has 1 aromatic heterocycles. The van der Waals surface area contributed by atoms with Crippen molar-refractivity contribution in [1.82, 2.24) is 9.80 Å². The van der Waals surface area contributed by atoms with Crippen molar-refractivity contribution < 1.29 is 24.2 Å². The Morgan fingerprint density at radius 3 is 2.55 bits per heavy atom. The molecule has 0 bridgehead atoms. The molecule has 2 heterocycles. The van der Waals surface area contributed by atoms with Gasteiger partial charge in [0.05, 0.1) is 31.4 Å². The van der Waals surface area contributed by atoms with Gasteiger partial charge in [0.1, 0.15) is 17.3 Å². The number of ether oxygens (including phenoxy) is 2. The van der Waals surface area contributed by atoms with Crippen LogP contribution < -0.4 is 9.47 Å². The van der Waals surface area contributed by atoms with Gasteiger partial charge < -0.3 is 24.4 Å². The lowest BCUT2D eigenvalue weighted by Gasteiger charge is -2.25. The van der Waals surface area contributed by atoms with Gasteiger partial charge in [-0.1, -0.05) is 6.07 Å². The number of carbonyl (C=O) groups excluding carboxylic acids is 2. The number of rotatable bonds is 7. The number of aliphatic hydroxyl groups excluding tert-OH is 1. The fraction of sp³-hybridized carbons (Fsp3) is 0.333. The van der Waals surface area contributed by atoms with Crippen molar-refractivity contribution in [3.63, 3.8) is 0 Å². The minimum Gasteiger partial charge on any atom is -0.507 e. The molecular weight excluding hydrogens is 392 g/mol. The Balaban J connectivity index is 2.14. The Morgan fingerprint density at radius 1 is 1.21 bits per heavy atom. The first-order valence-corrected chi connectivity index (χ1v) is 9.96.